The first-order chi connectivity index (χ1) is 10.6. The van der Waals surface area contributed by atoms with Crippen LogP contribution in [-0.4, -0.2) is 10.7 Å². The van der Waals surface area contributed by atoms with Crippen molar-refractivity contribution in [2.24, 2.45) is 0 Å². The van der Waals surface area contributed by atoms with Gasteiger partial charge in [-0.25, -0.2) is 4.79 Å². The minimum atomic E-state index is -0.768. The quantitative estimate of drug-likeness (QED) is 0.321. The first-order valence-electron chi connectivity index (χ1n) is 6.38. The Kier molecular flexibility index (Phi) is 3.27. The van der Waals surface area contributed by atoms with Crippen LogP contribution in [0.25, 0.3) is 11.0 Å². The molecule has 3 rings (SSSR count). The maximum absolute atomic E-state index is 12.4. The minimum Gasteiger partial charge on any atom is -0.422 e. The molecule has 0 spiro atoms. The molecule has 0 atom stereocenters. The third-order valence-electron chi connectivity index (χ3n) is 3.21. The number of carbonyl (C=O) groups excluding carboxylic acids is 1. The second-order valence-corrected chi connectivity index (χ2v) is 4.62. The van der Waals surface area contributed by atoms with E-state index in [9.17, 15) is 19.7 Å². The SMILES string of the molecule is O=C(c1cccc([N+](=O)[O-])c1)c1cc2ccccc2oc1=O. The van der Waals surface area contributed by atoms with Crippen molar-refractivity contribution >= 4 is 22.4 Å². The molecule has 2 aromatic carbocycles. The second kappa shape index (κ2) is 5.25. The normalized spacial score (nSPS) is 10.5. The summed E-state index contributed by atoms with van der Waals surface area (Å²) in [6.07, 6.45) is 0. The minimum absolute atomic E-state index is 0.0665. The van der Waals surface area contributed by atoms with Gasteiger partial charge in [0.15, 0.2) is 0 Å². The predicted octanol–water partition coefficient (Wildman–Crippen LogP) is 2.93. The molecule has 108 valence electrons. The fraction of sp³-hybridized carbons (Fsp3) is 0. The zero-order chi connectivity index (χ0) is 15.7. The summed E-state index contributed by atoms with van der Waals surface area (Å²) in [5, 5.41) is 11.4. The van der Waals surface area contributed by atoms with Crippen LogP contribution in [0.15, 0.2) is 63.8 Å². The molecule has 0 aliphatic carbocycles. The molecule has 0 N–H and O–H groups in total. The molecule has 1 heterocycles. The summed E-state index contributed by atoms with van der Waals surface area (Å²) in [4.78, 5) is 34.5. The number of non-ortho nitro benzene ring substituents is 1. The van der Waals surface area contributed by atoms with Gasteiger partial charge in [-0.1, -0.05) is 30.3 Å². The molecule has 1 aromatic heterocycles. The fourth-order valence-corrected chi connectivity index (χ4v) is 2.14. The highest BCUT2D eigenvalue weighted by Crippen LogP contribution is 2.18. The van der Waals surface area contributed by atoms with Crippen molar-refractivity contribution in [1.82, 2.24) is 0 Å². The van der Waals surface area contributed by atoms with Crippen molar-refractivity contribution in [1.29, 1.82) is 0 Å². The van der Waals surface area contributed by atoms with Gasteiger partial charge < -0.3 is 4.42 Å². The van der Waals surface area contributed by atoms with Crippen LogP contribution in [0.4, 0.5) is 5.69 Å². The van der Waals surface area contributed by atoms with E-state index >= 15 is 0 Å². The molecule has 22 heavy (non-hydrogen) atoms. The molecule has 0 fully saturated rings. The third kappa shape index (κ3) is 2.37. The van der Waals surface area contributed by atoms with Crippen LogP contribution in [0.3, 0.4) is 0 Å². The van der Waals surface area contributed by atoms with E-state index in [4.69, 9.17) is 4.42 Å². The standard InChI is InChI=1S/C16H9NO5/c18-15(11-5-3-6-12(8-11)17(20)21)13-9-10-4-1-2-7-14(10)22-16(13)19/h1-9H. The van der Waals surface area contributed by atoms with Crippen molar-refractivity contribution in [2.75, 3.05) is 0 Å². The Morgan fingerprint density at radius 2 is 1.82 bits per heavy atom. The number of nitrogens with zero attached hydrogens (tertiary/aromatic N) is 1. The summed E-state index contributed by atoms with van der Waals surface area (Å²) in [6.45, 7) is 0. The van der Waals surface area contributed by atoms with Crippen molar-refractivity contribution in [3.05, 3.63) is 86.3 Å². The molecule has 0 aliphatic rings. The van der Waals surface area contributed by atoms with E-state index in [0.29, 0.717) is 11.0 Å². The molecule has 0 saturated carbocycles. The monoisotopic (exact) mass is 295 g/mol. The van der Waals surface area contributed by atoms with Gasteiger partial charge >= 0.3 is 5.63 Å². The van der Waals surface area contributed by atoms with Gasteiger partial charge in [-0.2, -0.15) is 0 Å². The van der Waals surface area contributed by atoms with Gasteiger partial charge in [0.1, 0.15) is 11.1 Å². The first kappa shape index (κ1) is 13.7. The number of hydrogen-bond donors (Lipinski definition) is 0. The second-order valence-electron chi connectivity index (χ2n) is 4.62. The van der Waals surface area contributed by atoms with Crippen LogP contribution in [0.1, 0.15) is 15.9 Å². The molecule has 0 saturated heterocycles. The highest BCUT2D eigenvalue weighted by atomic mass is 16.6. The average molecular weight is 295 g/mol. The predicted molar refractivity (Wildman–Crippen MR) is 79.0 cm³/mol. The lowest BCUT2D eigenvalue weighted by molar-refractivity contribution is -0.384. The van der Waals surface area contributed by atoms with Gasteiger partial charge in [0.05, 0.1) is 4.92 Å². The number of nitro groups is 1. The van der Waals surface area contributed by atoms with Gasteiger partial charge in [-0.05, 0) is 12.1 Å². The van der Waals surface area contributed by atoms with Crippen molar-refractivity contribution in [3.8, 4) is 0 Å². The molecule has 0 aliphatic heterocycles. The Labute approximate surface area is 123 Å². The molecular formula is C16H9NO5. The van der Waals surface area contributed by atoms with Gasteiger partial charge in [-0.15, -0.1) is 0 Å². The zero-order valence-electron chi connectivity index (χ0n) is 11.2. The number of rotatable bonds is 3. The van der Waals surface area contributed by atoms with Crippen LogP contribution >= 0.6 is 0 Å². The summed E-state index contributed by atoms with van der Waals surface area (Å²) >= 11 is 0. The van der Waals surface area contributed by atoms with E-state index < -0.39 is 16.3 Å². The number of fused-ring (bicyclic) bond motifs is 1. The molecule has 6 heteroatoms. The highest BCUT2D eigenvalue weighted by Gasteiger charge is 2.18. The van der Waals surface area contributed by atoms with Crippen LogP contribution in [0, 0.1) is 10.1 Å². The van der Waals surface area contributed by atoms with E-state index in [0.717, 1.165) is 6.07 Å². The van der Waals surface area contributed by atoms with E-state index in [1.165, 1.54) is 24.3 Å². The number of ketones is 1. The van der Waals surface area contributed by atoms with E-state index in [-0.39, 0.29) is 16.8 Å². The summed E-state index contributed by atoms with van der Waals surface area (Å²) < 4.78 is 5.10. The molecule has 0 amide bonds. The summed E-state index contributed by atoms with van der Waals surface area (Å²) in [6, 6.07) is 13.5. The number of para-hydroxylation sites is 1. The van der Waals surface area contributed by atoms with Crippen LogP contribution in [0.5, 0.6) is 0 Å². The number of carbonyl (C=O) groups is 1. The van der Waals surface area contributed by atoms with E-state index in [1.807, 2.05) is 0 Å². The smallest absolute Gasteiger partial charge is 0.347 e. The third-order valence-corrected chi connectivity index (χ3v) is 3.21. The van der Waals surface area contributed by atoms with Crippen molar-refractivity contribution in [2.45, 2.75) is 0 Å². The molecular weight excluding hydrogens is 286 g/mol. The van der Waals surface area contributed by atoms with Gasteiger partial charge in [0.25, 0.3) is 5.69 Å². The van der Waals surface area contributed by atoms with Gasteiger partial charge in [-0.3, -0.25) is 14.9 Å². The lowest BCUT2D eigenvalue weighted by atomic mass is 10.0. The largest absolute Gasteiger partial charge is 0.422 e. The van der Waals surface area contributed by atoms with E-state index in [2.05, 4.69) is 0 Å². The lowest BCUT2D eigenvalue weighted by Crippen LogP contribution is -2.14. The van der Waals surface area contributed by atoms with E-state index in [1.54, 1.807) is 24.3 Å². The molecule has 0 unspecified atom stereocenters. The topological polar surface area (TPSA) is 90.4 Å². The highest BCUT2D eigenvalue weighted by molar-refractivity contribution is 6.10. The number of nitro benzene ring substituents is 1. The van der Waals surface area contributed by atoms with Crippen LogP contribution in [-0.2, 0) is 0 Å². The Morgan fingerprint density at radius 1 is 1.05 bits per heavy atom. The first-order valence-corrected chi connectivity index (χ1v) is 6.38. The molecule has 6 nitrogen and oxygen atoms in total. The number of hydrogen-bond acceptors (Lipinski definition) is 5. The van der Waals surface area contributed by atoms with Crippen LogP contribution in [0.2, 0.25) is 0 Å². The fourth-order valence-electron chi connectivity index (χ4n) is 2.14. The molecule has 0 bridgehead atoms. The maximum Gasteiger partial charge on any atom is 0.347 e. The number of benzene rings is 2. The Morgan fingerprint density at radius 3 is 2.59 bits per heavy atom. The Hall–Kier alpha value is -3.28. The van der Waals surface area contributed by atoms with Crippen LogP contribution < -0.4 is 5.63 Å². The molecule has 3 aromatic rings. The summed E-state index contributed by atoms with van der Waals surface area (Å²) in [5.41, 5.74) is -0.690. The molecule has 0 radical (unpaired) electrons. The Bertz CT molecular complexity index is 958. The average Bonchev–Trinajstić information content (AvgIpc) is 2.53. The Balaban J connectivity index is 2.12. The van der Waals surface area contributed by atoms with Gasteiger partial charge in [0.2, 0.25) is 5.78 Å². The summed E-state index contributed by atoms with van der Waals surface area (Å²) in [5.74, 6) is -0.608. The zero-order valence-corrected chi connectivity index (χ0v) is 11.2. The van der Waals surface area contributed by atoms with Gasteiger partial charge in [0, 0.05) is 23.1 Å². The summed E-state index contributed by atoms with van der Waals surface area (Å²) in [7, 11) is 0. The lowest BCUT2D eigenvalue weighted by Gasteiger charge is -2.02. The van der Waals surface area contributed by atoms with Crippen molar-refractivity contribution < 1.29 is 14.1 Å². The maximum atomic E-state index is 12.4. The van der Waals surface area contributed by atoms with Crippen molar-refractivity contribution in [3.63, 3.8) is 0 Å².